The maximum Gasteiger partial charge on any atom is 0.257 e. The van der Waals surface area contributed by atoms with Crippen LogP contribution in [-0.4, -0.2) is 17.2 Å². The predicted octanol–water partition coefficient (Wildman–Crippen LogP) is 2.80. The number of carbonyl (C=O) groups is 2. The van der Waals surface area contributed by atoms with Gasteiger partial charge in [0.15, 0.2) is 0 Å². The molecule has 0 bridgehead atoms. The minimum absolute atomic E-state index is 0.304. The third-order valence-corrected chi connectivity index (χ3v) is 2.49. The Morgan fingerprint density at radius 1 is 1.28 bits per heavy atom. The molecule has 0 saturated carbocycles. The Kier molecular flexibility index (Phi) is 3.69. The van der Waals surface area contributed by atoms with Gasteiger partial charge >= 0.3 is 0 Å². The second kappa shape index (κ2) is 5.42. The first-order valence-corrected chi connectivity index (χ1v) is 5.55. The van der Waals surface area contributed by atoms with Crippen LogP contribution in [0.4, 0.5) is 5.69 Å². The minimum Gasteiger partial charge on any atom is -0.322 e. The van der Waals surface area contributed by atoms with Gasteiger partial charge in [-0.15, -0.1) is 0 Å². The summed E-state index contributed by atoms with van der Waals surface area (Å²) >= 11 is 5.63. The zero-order chi connectivity index (χ0) is 13.0. The molecule has 0 unspecified atom stereocenters. The molecule has 18 heavy (non-hydrogen) atoms. The average molecular weight is 261 g/mol. The molecule has 0 radical (unpaired) electrons. The second-order valence-electron chi connectivity index (χ2n) is 3.57. The van der Waals surface area contributed by atoms with Crippen LogP contribution >= 0.6 is 11.6 Å². The molecule has 1 aromatic heterocycles. The van der Waals surface area contributed by atoms with Crippen LogP contribution in [0.3, 0.4) is 0 Å². The van der Waals surface area contributed by atoms with Gasteiger partial charge < -0.3 is 5.32 Å². The molecule has 0 saturated heterocycles. The Balaban J connectivity index is 2.15. The molecule has 0 aliphatic rings. The van der Waals surface area contributed by atoms with Crippen LogP contribution in [0, 0.1) is 0 Å². The number of hydrogen-bond acceptors (Lipinski definition) is 3. The molecular formula is C13H9ClN2O2. The third kappa shape index (κ3) is 2.93. The van der Waals surface area contributed by atoms with Crippen LogP contribution in [0.5, 0.6) is 0 Å². The van der Waals surface area contributed by atoms with E-state index in [1.807, 2.05) is 0 Å². The van der Waals surface area contributed by atoms with Crippen molar-refractivity contribution in [3.8, 4) is 0 Å². The lowest BCUT2D eigenvalue weighted by molar-refractivity contribution is 0.102. The molecule has 0 aliphatic carbocycles. The number of anilines is 1. The molecule has 1 amide bonds. The lowest BCUT2D eigenvalue weighted by Gasteiger charge is -2.05. The summed E-state index contributed by atoms with van der Waals surface area (Å²) in [5.41, 5.74) is 1.46. The molecule has 0 fully saturated rings. The Bertz CT molecular complexity index is 582. The van der Waals surface area contributed by atoms with Crippen molar-refractivity contribution in [3.05, 3.63) is 58.9 Å². The van der Waals surface area contributed by atoms with E-state index < -0.39 is 0 Å². The molecule has 1 aromatic carbocycles. The maximum absolute atomic E-state index is 11.8. The van der Waals surface area contributed by atoms with Crippen LogP contribution in [-0.2, 0) is 0 Å². The largest absolute Gasteiger partial charge is 0.322 e. The van der Waals surface area contributed by atoms with E-state index in [4.69, 9.17) is 11.6 Å². The van der Waals surface area contributed by atoms with E-state index in [2.05, 4.69) is 10.3 Å². The second-order valence-corrected chi connectivity index (χ2v) is 3.95. The Morgan fingerprint density at radius 3 is 2.78 bits per heavy atom. The molecular weight excluding hydrogens is 252 g/mol. The van der Waals surface area contributed by atoms with Gasteiger partial charge in [0.2, 0.25) is 0 Å². The van der Waals surface area contributed by atoms with Crippen molar-refractivity contribution in [3.63, 3.8) is 0 Å². The number of pyridine rings is 1. The third-order valence-electron chi connectivity index (χ3n) is 2.27. The highest BCUT2D eigenvalue weighted by Gasteiger charge is 2.06. The maximum atomic E-state index is 11.8. The smallest absolute Gasteiger partial charge is 0.257 e. The highest BCUT2D eigenvalue weighted by Crippen LogP contribution is 2.12. The molecule has 0 aliphatic heterocycles. The SMILES string of the molecule is O=Cc1cccc(NC(=O)c2ccc(Cl)nc2)c1. The molecule has 4 nitrogen and oxygen atoms in total. The van der Waals surface area contributed by atoms with Crippen LogP contribution in [0.1, 0.15) is 20.7 Å². The van der Waals surface area contributed by atoms with Crippen molar-refractivity contribution in [2.45, 2.75) is 0 Å². The number of aldehydes is 1. The first-order valence-electron chi connectivity index (χ1n) is 5.17. The van der Waals surface area contributed by atoms with Gasteiger partial charge in [-0.3, -0.25) is 9.59 Å². The van der Waals surface area contributed by atoms with Gasteiger partial charge in [-0.05, 0) is 24.3 Å². The molecule has 0 atom stereocenters. The van der Waals surface area contributed by atoms with E-state index in [-0.39, 0.29) is 5.91 Å². The first-order chi connectivity index (χ1) is 8.69. The number of rotatable bonds is 3. The standard InChI is InChI=1S/C13H9ClN2O2/c14-12-5-4-10(7-15-12)13(18)16-11-3-1-2-9(6-11)8-17/h1-8H,(H,16,18). The highest BCUT2D eigenvalue weighted by molar-refractivity contribution is 6.29. The van der Waals surface area contributed by atoms with E-state index in [1.54, 1.807) is 30.3 Å². The normalized spacial score (nSPS) is 9.83. The summed E-state index contributed by atoms with van der Waals surface area (Å²) in [5, 5.41) is 3.00. The molecule has 0 spiro atoms. The average Bonchev–Trinajstić information content (AvgIpc) is 2.39. The molecule has 90 valence electrons. The fraction of sp³-hybridized carbons (Fsp3) is 0. The van der Waals surface area contributed by atoms with Gasteiger partial charge in [-0.25, -0.2) is 4.98 Å². The molecule has 5 heteroatoms. The number of amides is 1. The van der Waals surface area contributed by atoms with Crippen molar-refractivity contribution in [1.29, 1.82) is 0 Å². The molecule has 2 rings (SSSR count). The summed E-state index contributed by atoms with van der Waals surface area (Å²) in [6.45, 7) is 0. The van der Waals surface area contributed by atoms with Crippen molar-refractivity contribution in [1.82, 2.24) is 4.98 Å². The van der Waals surface area contributed by atoms with Crippen LogP contribution < -0.4 is 5.32 Å². The van der Waals surface area contributed by atoms with E-state index in [1.165, 1.54) is 12.3 Å². The summed E-state index contributed by atoms with van der Waals surface area (Å²) in [4.78, 5) is 26.3. The van der Waals surface area contributed by atoms with Crippen molar-refractivity contribution < 1.29 is 9.59 Å². The Hall–Kier alpha value is -2.20. The number of benzene rings is 1. The number of nitrogens with zero attached hydrogens (tertiary/aromatic N) is 1. The fourth-order valence-corrected chi connectivity index (χ4v) is 1.51. The molecule has 1 heterocycles. The molecule has 2 aromatic rings. The Morgan fingerprint density at radius 2 is 2.11 bits per heavy atom. The Labute approximate surface area is 109 Å². The number of carbonyl (C=O) groups excluding carboxylic acids is 2. The highest BCUT2D eigenvalue weighted by atomic mass is 35.5. The van der Waals surface area contributed by atoms with Gasteiger partial charge in [0.25, 0.3) is 5.91 Å². The van der Waals surface area contributed by atoms with E-state index >= 15 is 0 Å². The van der Waals surface area contributed by atoms with Crippen molar-refractivity contribution in [2.24, 2.45) is 0 Å². The summed E-state index contributed by atoms with van der Waals surface area (Å²) in [6.07, 6.45) is 2.11. The zero-order valence-corrected chi connectivity index (χ0v) is 10.0. The first kappa shape index (κ1) is 12.3. The number of hydrogen-bond donors (Lipinski definition) is 1. The minimum atomic E-state index is -0.304. The van der Waals surface area contributed by atoms with E-state index in [0.717, 1.165) is 6.29 Å². The van der Waals surface area contributed by atoms with Crippen molar-refractivity contribution >= 4 is 29.5 Å². The van der Waals surface area contributed by atoms with Crippen LogP contribution in [0.15, 0.2) is 42.6 Å². The van der Waals surface area contributed by atoms with Gasteiger partial charge in [-0.1, -0.05) is 23.7 Å². The topological polar surface area (TPSA) is 59.1 Å². The fourth-order valence-electron chi connectivity index (χ4n) is 1.40. The number of nitrogens with one attached hydrogen (secondary N) is 1. The summed E-state index contributed by atoms with van der Waals surface area (Å²) in [5.74, 6) is -0.304. The summed E-state index contributed by atoms with van der Waals surface area (Å²) in [7, 11) is 0. The zero-order valence-electron chi connectivity index (χ0n) is 9.26. The predicted molar refractivity (Wildman–Crippen MR) is 69.0 cm³/mol. The van der Waals surface area contributed by atoms with Gasteiger partial charge in [0.05, 0.1) is 5.56 Å². The van der Waals surface area contributed by atoms with Crippen molar-refractivity contribution in [2.75, 3.05) is 5.32 Å². The van der Waals surface area contributed by atoms with E-state index in [9.17, 15) is 9.59 Å². The van der Waals surface area contributed by atoms with Gasteiger partial charge in [-0.2, -0.15) is 0 Å². The number of halogens is 1. The van der Waals surface area contributed by atoms with Gasteiger partial charge in [0.1, 0.15) is 11.4 Å². The van der Waals surface area contributed by atoms with Crippen LogP contribution in [0.25, 0.3) is 0 Å². The lowest BCUT2D eigenvalue weighted by Crippen LogP contribution is -2.12. The molecule has 1 N–H and O–H groups in total. The summed E-state index contributed by atoms with van der Waals surface area (Å²) < 4.78 is 0. The van der Waals surface area contributed by atoms with E-state index in [0.29, 0.717) is 22.0 Å². The number of aromatic nitrogens is 1. The van der Waals surface area contributed by atoms with Gasteiger partial charge in [0, 0.05) is 17.4 Å². The monoisotopic (exact) mass is 260 g/mol. The quantitative estimate of drug-likeness (QED) is 0.682. The summed E-state index contributed by atoms with van der Waals surface area (Å²) in [6, 6.07) is 9.76. The lowest BCUT2D eigenvalue weighted by atomic mass is 10.2. The van der Waals surface area contributed by atoms with Crippen LogP contribution in [0.2, 0.25) is 5.15 Å².